The van der Waals surface area contributed by atoms with Gasteiger partial charge < -0.3 is 4.90 Å². The smallest absolute Gasteiger partial charge is 0.138 e. The minimum atomic E-state index is 0.425. The summed E-state index contributed by atoms with van der Waals surface area (Å²) in [6.07, 6.45) is 6.34. The molecule has 20 heavy (non-hydrogen) atoms. The second kappa shape index (κ2) is 5.21. The van der Waals surface area contributed by atoms with Gasteiger partial charge in [-0.2, -0.15) is 0 Å². The highest BCUT2D eigenvalue weighted by atomic mass is 35.5. The van der Waals surface area contributed by atoms with Crippen LogP contribution in [0.4, 0.5) is 5.82 Å². The van der Waals surface area contributed by atoms with Crippen molar-refractivity contribution in [1.82, 2.24) is 9.97 Å². The lowest BCUT2D eigenvalue weighted by Gasteiger charge is -2.25. The summed E-state index contributed by atoms with van der Waals surface area (Å²) in [5.41, 5.74) is 1.24. The van der Waals surface area contributed by atoms with Crippen LogP contribution in [0.3, 0.4) is 0 Å². The maximum Gasteiger partial charge on any atom is 0.138 e. The van der Waals surface area contributed by atoms with E-state index in [0.717, 1.165) is 17.7 Å². The number of rotatable bonds is 2. The summed E-state index contributed by atoms with van der Waals surface area (Å²) in [6, 6.07) is 2.52. The van der Waals surface area contributed by atoms with E-state index in [1.807, 2.05) is 18.5 Å². The molecule has 0 N–H and O–H groups in total. The molecule has 1 fully saturated rings. The third-order valence-corrected chi connectivity index (χ3v) is 4.40. The molecule has 4 heteroatoms. The van der Waals surface area contributed by atoms with E-state index in [1.165, 1.54) is 23.8 Å². The van der Waals surface area contributed by atoms with E-state index in [9.17, 15) is 0 Å². The SMILES string of the molecule is CC(C)c1cnc(N2CCC[C@@H]2C)c2cnc(Cl)cc12. The summed E-state index contributed by atoms with van der Waals surface area (Å²) in [5, 5.41) is 2.85. The minimum absolute atomic E-state index is 0.425. The molecule has 1 saturated heterocycles. The van der Waals surface area contributed by atoms with Crippen molar-refractivity contribution < 1.29 is 0 Å². The van der Waals surface area contributed by atoms with Gasteiger partial charge in [-0.25, -0.2) is 9.97 Å². The summed E-state index contributed by atoms with van der Waals surface area (Å²) < 4.78 is 0. The molecular formula is C16H20ClN3. The van der Waals surface area contributed by atoms with E-state index < -0.39 is 0 Å². The molecule has 3 rings (SSSR count). The Morgan fingerprint density at radius 3 is 2.70 bits per heavy atom. The van der Waals surface area contributed by atoms with E-state index >= 15 is 0 Å². The lowest BCUT2D eigenvalue weighted by molar-refractivity contribution is 0.728. The fourth-order valence-corrected chi connectivity index (χ4v) is 3.21. The van der Waals surface area contributed by atoms with E-state index in [1.54, 1.807) is 0 Å². The van der Waals surface area contributed by atoms with Gasteiger partial charge in [0.15, 0.2) is 0 Å². The monoisotopic (exact) mass is 289 g/mol. The fraction of sp³-hybridized carbons (Fsp3) is 0.500. The number of aromatic nitrogens is 2. The van der Waals surface area contributed by atoms with Crippen LogP contribution in [-0.2, 0) is 0 Å². The summed E-state index contributed by atoms with van der Waals surface area (Å²) in [4.78, 5) is 11.4. The van der Waals surface area contributed by atoms with Gasteiger partial charge in [0.1, 0.15) is 11.0 Å². The van der Waals surface area contributed by atoms with Crippen molar-refractivity contribution in [2.75, 3.05) is 11.4 Å². The van der Waals surface area contributed by atoms with Crippen LogP contribution in [0.25, 0.3) is 10.8 Å². The molecule has 0 radical (unpaired) electrons. The van der Waals surface area contributed by atoms with Crippen LogP contribution in [0.1, 0.15) is 45.1 Å². The van der Waals surface area contributed by atoms with Crippen LogP contribution in [-0.4, -0.2) is 22.6 Å². The molecule has 0 aliphatic carbocycles. The second-order valence-corrected chi connectivity index (χ2v) is 6.32. The van der Waals surface area contributed by atoms with Crippen LogP contribution < -0.4 is 4.90 Å². The number of pyridine rings is 2. The van der Waals surface area contributed by atoms with E-state index in [0.29, 0.717) is 17.1 Å². The van der Waals surface area contributed by atoms with Crippen molar-refractivity contribution in [3.05, 3.63) is 29.2 Å². The number of halogens is 1. The number of anilines is 1. The molecule has 0 aromatic carbocycles. The molecule has 2 aromatic heterocycles. The molecule has 0 unspecified atom stereocenters. The maximum atomic E-state index is 6.09. The first-order valence-electron chi connectivity index (χ1n) is 7.28. The van der Waals surface area contributed by atoms with Crippen molar-refractivity contribution in [1.29, 1.82) is 0 Å². The first kappa shape index (κ1) is 13.6. The average molecular weight is 290 g/mol. The van der Waals surface area contributed by atoms with Gasteiger partial charge >= 0.3 is 0 Å². The van der Waals surface area contributed by atoms with Crippen molar-refractivity contribution >= 4 is 28.2 Å². The first-order chi connectivity index (χ1) is 9.58. The molecule has 3 heterocycles. The molecule has 0 spiro atoms. The van der Waals surface area contributed by atoms with Gasteiger partial charge in [-0.3, -0.25) is 0 Å². The highest BCUT2D eigenvalue weighted by molar-refractivity contribution is 6.30. The Labute approximate surface area is 125 Å². The largest absolute Gasteiger partial charge is 0.353 e. The zero-order valence-corrected chi connectivity index (χ0v) is 13.0. The minimum Gasteiger partial charge on any atom is -0.353 e. The van der Waals surface area contributed by atoms with Crippen LogP contribution in [0.5, 0.6) is 0 Å². The Kier molecular flexibility index (Phi) is 3.55. The second-order valence-electron chi connectivity index (χ2n) is 5.93. The van der Waals surface area contributed by atoms with Gasteiger partial charge in [0.2, 0.25) is 0 Å². The fourth-order valence-electron chi connectivity index (χ4n) is 3.05. The zero-order valence-electron chi connectivity index (χ0n) is 12.2. The molecule has 1 aliphatic heterocycles. The number of nitrogens with zero attached hydrogens (tertiary/aromatic N) is 3. The number of fused-ring (bicyclic) bond motifs is 1. The lowest BCUT2D eigenvalue weighted by Crippen LogP contribution is -2.27. The molecule has 3 nitrogen and oxygen atoms in total. The standard InChI is InChI=1S/C16H20ClN3/c1-10(2)13-8-19-16(20-6-4-5-11(20)3)14-9-18-15(17)7-12(13)14/h7-11H,4-6H2,1-3H3/t11-/m0/s1. The Morgan fingerprint density at radius 1 is 1.25 bits per heavy atom. The normalized spacial score (nSPS) is 19.2. The maximum absolute atomic E-state index is 6.09. The van der Waals surface area contributed by atoms with Crippen LogP contribution >= 0.6 is 11.6 Å². The molecule has 0 bridgehead atoms. The van der Waals surface area contributed by atoms with Gasteiger partial charge in [0, 0.05) is 30.4 Å². The quantitative estimate of drug-likeness (QED) is 0.768. The number of hydrogen-bond donors (Lipinski definition) is 0. The summed E-state index contributed by atoms with van der Waals surface area (Å²) in [6.45, 7) is 7.71. The van der Waals surface area contributed by atoms with Crippen molar-refractivity contribution in [2.45, 2.75) is 45.6 Å². The third-order valence-electron chi connectivity index (χ3n) is 4.20. The lowest BCUT2D eigenvalue weighted by atomic mass is 9.99. The van der Waals surface area contributed by atoms with Crippen molar-refractivity contribution in [3.8, 4) is 0 Å². The Hall–Kier alpha value is -1.35. The first-order valence-corrected chi connectivity index (χ1v) is 7.66. The van der Waals surface area contributed by atoms with Crippen molar-refractivity contribution in [2.24, 2.45) is 0 Å². The van der Waals surface area contributed by atoms with E-state index in [4.69, 9.17) is 16.6 Å². The molecule has 1 atom stereocenters. The molecule has 1 aliphatic rings. The molecule has 0 amide bonds. The van der Waals surface area contributed by atoms with E-state index in [-0.39, 0.29) is 0 Å². The predicted molar refractivity (Wildman–Crippen MR) is 84.7 cm³/mol. The zero-order chi connectivity index (χ0) is 14.3. The van der Waals surface area contributed by atoms with Crippen molar-refractivity contribution in [3.63, 3.8) is 0 Å². The summed E-state index contributed by atoms with van der Waals surface area (Å²) in [5.74, 6) is 1.48. The third kappa shape index (κ3) is 2.24. The highest BCUT2D eigenvalue weighted by Crippen LogP contribution is 2.34. The highest BCUT2D eigenvalue weighted by Gasteiger charge is 2.24. The predicted octanol–water partition coefficient (Wildman–Crippen LogP) is 4.40. The average Bonchev–Trinajstić information content (AvgIpc) is 2.83. The molecule has 2 aromatic rings. The van der Waals surface area contributed by atoms with Crippen LogP contribution in [0, 0.1) is 0 Å². The Bertz CT molecular complexity index is 639. The number of hydrogen-bond acceptors (Lipinski definition) is 3. The molecule has 106 valence electrons. The van der Waals surface area contributed by atoms with E-state index in [2.05, 4.69) is 30.7 Å². The van der Waals surface area contributed by atoms with Gasteiger partial charge in [-0.15, -0.1) is 0 Å². The van der Waals surface area contributed by atoms with Crippen LogP contribution in [0.15, 0.2) is 18.5 Å². The van der Waals surface area contributed by atoms with Gasteiger partial charge in [0.25, 0.3) is 0 Å². The summed E-state index contributed by atoms with van der Waals surface area (Å²) >= 11 is 6.09. The topological polar surface area (TPSA) is 29.0 Å². The Balaban J connectivity index is 2.22. The summed E-state index contributed by atoms with van der Waals surface area (Å²) in [7, 11) is 0. The van der Waals surface area contributed by atoms with Gasteiger partial charge in [0.05, 0.1) is 0 Å². The molecular weight excluding hydrogens is 270 g/mol. The van der Waals surface area contributed by atoms with Gasteiger partial charge in [-0.05, 0) is 42.7 Å². The van der Waals surface area contributed by atoms with Crippen LogP contribution in [0.2, 0.25) is 5.15 Å². The Morgan fingerprint density at radius 2 is 2.05 bits per heavy atom. The van der Waals surface area contributed by atoms with Gasteiger partial charge in [-0.1, -0.05) is 25.4 Å². The molecule has 0 saturated carbocycles.